The van der Waals surface area contributed by atoms with E-state index in [0.717, 1.165) is 18.9 Å². The van der Waals surface area contributed by atoms with Crippen molar-refractivity contribution in [2.45, 2.75) is 65.5 Å². The molecule has 0 amide bonds. The normalized spacial score (nSPS) is 31.3. The average Bonchev–Trinajstić information content (AvgIpc) is 2.13. The van der Waals surface area contributed by atoms with E-state index in [1.54, 1.807) is 7.11 Å². The lowest BCUT2D eigenvalue weighted by molar-refractivity contribution is 0.116. The summed E-state index contributed by atoms with van der Waals surface area (Å²) in [6.45, 7) is 10.2. The smallest absolute Gasteiger partial charge is 0.0615 e. The van der Waals surface area contributed by atoms with Crippen LogP contribution in [0.3, 0.4) is 0 Å². The van der Waals surface area contributed by atoms with Crippen molar-refractivity contribution in [3.8, 4) is 0 Å². The highest BCUT2D eigenvalue weighted by Gasteiger charge is 2.32. The molecule has 2 nitrogen and oxygen atoms in total. The molecule has 0 spiro atoms. The van der Waals surface area contributed by atoms with E-state index in [1.807, 2.05) is 0 Å². The van der Waals surface area contributed by atoms with Gasteiger partial charge in [0, 0.05) is 19.2 Å². The molecule has 0 radical (unpaired) electrons. The Morgan fingerprint density at radius 3 is 2.56 bits per heavy atom. The van der Waals surface area contributed by atoms with Gasteiger partial charge in [0.15, 0.2) is 0 Å². The highest BCUT2D eigenvalue weighted by molar-refractivity contribution is 4.88. The van der Waals surface area contributed by atoms with Gasteiger partial charge in [-0.3, -0.25) is 0 Å². The van der Waals surface area contributed by atoms with Gasteiger partial charge in [0.25, 0.3) is 0 Å². The molecule has 0 aliphatic heterocycles. The van der Waals surface area contributed by atoms with Crippen LogP contribution in [-0.4, -0.2) is 25.8 Å². The lowest BCUT2D eigenvalue weighted by Crippen LogP contribution is -2.46. The fraction of sp³-hybridized carbons (Fsp3) is 1.00. The highest BCUT2D eigenvalue weighted by atomic mass is 16.5. The quantitative estimate of drug-likeness (QED) is 0.778. The van der Waals surface area contributed by atoms with E-state index in [9.17, 15) is 0 Å². The monoisotopic (exact) mass is 227 g/mol. The van der Waals surface area contributed by atoms with E-state index < -0.39 is 0 Å². The van der Waals surface area contributed by atoms with Crippen LogP contribution in [0.15, 0.2) is 0 Å². The second kappa shape index (κ2) is 6.02. The predicted octanol–water partition coefficient (Wildman–Crippen LogP) is 3.22. The predicted molar refractivity (Wildman–Crippen MR) is 69.7 cm³/mol. The average molecular weight is 227 g/mol. The van der Waals surface area contributed by atoms with Crippen LogP contribution < -0.4 is 5.32 Å². The van der Waals surface area contributed by atoms with Crippen molar-refractivity contribution in [3.05, 3.63) is 0 Å². The van der Waals surface area contributed by atoms with Crippen molar-refractivity contribution in [1.82, 2.24) is 5.32 Å². The van der Waals surface area contributed by atoms with Gasteiger partial charge in [0.2, 0.25) is 0 Å². The summed E-state index contributed by atoms with van der Waals surface area (Å²) in [5.74, 6) is 0.848. The number of ether oxygens (including phenoxy) is 1. The SMILES string of the molecule is CCC(COC)NC1CC(C)CC(C)(C)C1. The molecule has 0 aromatic carbocycles. The first-order valence-electron chi connectivity index (χ1n) is 6.72. The van der Waals surface area contributed by atoms with Gasteiger partial charge in [0.05, 0.1) is 6.61 Å². The van der Waals surface area contributed by atoms with Crippen molar-refractivity contribution < 1.29 is 4.74 Å². The van der Waals surface area contributed by atoms with Crippen molar-refractivity contribution in [2.75, 3.05) is 13.7 Å². The van der Waals surface area contributed by atoms with Crippen LogP contribution in [0.1, 0.15) is 53.4 Å². The molecule has 1 aliphatic carbocycles. The van der Waals surface area contributed by atoms with Crippen LogP contribution in [0.25, 0.3) is 0 Å². The minimum absolute atomic E-state index is 0.501. The Labute approximate surface area is 101 Å². The van der Waals surface area contributed by atoms with Crippen LogP contribution in [0.2, 0.25) is 0 Å². The molecule has 0 aromatic rings. The zero-order chi connectivity index (χ0) is 12.2. The van der Waals surface area contributed by atoms with Crippen molar-refractivity contribution in [1.29, 1.82) is 0 Å². The van der Waals surface area contributed by atoms with Crippen molar-refractivity contribution in [2.24, 2.45) is 11.3 Å². The number of nitrogens with one attached hydrogen (secondary N) is 1. The maximum Gasteiger partial charge on any atom is 0.0615 e. The molecule has 3 unspecified atom stereocenters. The third-order valence-electron chi connectivity index (χ3n) is 3.72. The van der Waals surface area contributed by atoms with Crippen molar-refractivity contribution >= 4 is 0 Å². The molecule has 0 aromatic heterocycles. The summed E-state index contributed by atoms with van der Waals surface area (Å²) in [7, 11) is 1.79. The van der Waals surface area contributed by atoms with Crippen LogP contribution in [-0.2, 0) is 4.74 Å². The molecule has 0 bridgehead atoms. The maximum atomic E-state index is 5.25. The highest BCUT2D eigenvalue weighted by Crippen LogP contribution is 2.38. The minimum Gasteiger partial charge on any atom is -0.383 e. The number of hydrogen-bond acceptors (Lipinski definition) is 2. The van der Waals surface area contributed by atoms with Gasteiger partial charge < -0.3 is 10.1 Å². The van der Waals surface area contributed by atoms with Crippen molar-refractivity contribution in [3.63, 3.8) is 0 Å². The Bertz CT molecular complexity index is 203. The second-order valence-electron chi connectivity index (χ2n) is 6.34. The van der Waals surface area contributed by atoms with Gasteiger partial charge in [-0.05, 0) is 37.0 Å². The summed E-state index contributed by atoms with van der Waals surface area (Å²) in [6, 6.07) is 1.20. The largest absolute Gasteiger partial charge is 0.383 e. The molecule has 16 heavy (non-hydrogen) atoms. The molecule has 1 fully saturated rings. The zero-order valence-electron chi connectivity index (χ0n) is 11.7. The third-order valence-corrected chi connectivity index (χ3v) is 3.72. The second-order valence-corrected chi connectivity index (χ2v) is 6.34. The Morgan fingerprint density at radius 2 is 2.06 bits per heavy atom. The molecule has 1 saturated carbocycles. The molecular weight excluding hydrogens is 198 g/mol. The summed E-state index contributed by atoms with van der Waals surface area (Å²) >= 11 is 0. The van der Waals surface area contributed by atoms with Crippen LogP contribution in [0.5, 0.6) is 0 Å². The molecule has 0 heterocycles. The van der Waals surface area contributed by atoms with Gasteiger partial charge in [0.1, 0.15) is 0 Å². The standard InChI is InChI=1S/C14H29NO/c1-6-12(10-16-5)15-13-7-11(2)8-14(3,4)9-13/h11-13,15H,6-10H2,1-5H3. The molecular formula is C14H29NO. The lowest BCUT2D eigenvalue weighted by Gasteiger charge is -2.40. The molecule has 0 saturated heterocycles. The summed E-state index contributed by atoms with van der Waals surface area (Å²) in [6.07, 6.45) is 5.15. The van der Waals surface area contributed by atoms with Gasteiger partial charge >= 0.3 is 0 Å². The minimum atomic E-state index is 0.501. The van der Waals surface area contributed by atoms with Gasteiger partial charge in [-0.15, -0.1) is 0 Å². The fourth-order valence-electron chi connectivity index (χ4n) is 3.29. The van der Waals surface area contributed by atoms with E-state index in [2.05, 4.69) is 33.0 Å². The summed E-state index contributed by atoms with van der Waals surface area (Å²) in [5.41, 5.74) is 0.501. The fourth-order valence-corrected chi connectivity index (χ4v) is 3.29. The number of hydrogen-bond donors (Lipinski definition) is 1. The molecule has 1 N–H and O–H groups in total. The first-order chi connectivity index (χ1) is 7.46. The topological polar surface area (TPSA) is 21.3 Å². The Kier molecular flexibility index (Phi) is 5.26. The third kappa shape index (κ3) is 4.42. The Balaban J connectivity index is 2.46. The Hall–Kier alpha value is -0.0800. The van der Waals surface area contributed by atoms with Crippen LogP contribution in [0.4, 0.5) is 0 Å². The van der Waals surface area contributed by atoms with E-state index in [4.69, 9.17) is 4.74 Å². The van der Waals surface area contributed by atoms with Gasteiger partial charge in [-0.1, -0.05) is 27.7 Å². The zero-order valence-corrected chi connectivity index (χ0v) is 11.7. The lowest BCUT2D eigenvalue weighted by atomic mass is 9.70. The molecule has 3 atom stereocenters. The first-order valence-corrected chi connectivity index (χ1v) is 6.72. The van der Waals surface area contributed by atoms with Crippen LogP contribution in [0, 0.1) is 11.3 Å². The van der Waals surface area contributed by atoms with E-state index in [-0.39, 0.29) is 0 Å². The van der Waals surface area contributed by atoms with Crippen LogP contribution >= 0.6 is 0 Å². The molecule has 1 rings (SSSR count). The summed E-state index contributed by atoms with van der Waals surface area (Å²) in [5, 5.41) is 3.77. The first kappa shape index (κ1) is 14.0. The van der Waals surface area contributed by atoms with E-state index in [0.29, 0.717) is 17.5 Å². The van der Waals surface area contributed by atoms with E-state index in [1.165, 1.54) is 19.3 Å². The van der Waals surface area contributed by atoms with Gasteiger partial charge in [-0.2, -0.15) is 0 Å². The number of rotatable bonds is 5. The Morgan fingerprint density at radius 1 is 1.38 bits per heavy atom. The summed E-state index contributed by atoms with van der Waals surface area (Å²) in [4.78, 5) is 0. The van der Waals surface area contributed by atoms with Gasteiger partial charge in [-0.25, -0.2) is 0 Å². The molecule has 96 valence electrons. The molecule has 2 heteroatoms. The molecule has 1 aliphatic rings. The maximum absolute atomic E-state index is 5.25. The summed E-state index contributed by atoms with van der Waals surface area (Å²) < 4.78 is 5.25. The number of methoxy groups -OCH3 is 1. The van der Waals surface area contributed by atoms with E-state index >= 15 is 0 Å².